The summed E-state index contributed by atoms with van der Waals surface area (Å²) in [6.07, 6.45) is 3.26. The molecular weight excluding hydrogens is 592 g/mol. The molecule has 1 amide bonds. The average Bonchev–Trinajstić information content (AvgIpc) is 3.32. The van der Waals surface area contributed by atoms with E-state index in [-0.39, 0.29) is 50.6 Å². The topological polar surface area (TPSA) is 109 Å². The smallest absolute Gasteiger partial charge is 0.318 e. The summed E-state index contributed by atoms with van der Waals surface area (Å²) in [6.45, 7) is 4.09. The largest absolute Gasteiger partial charge is 0.462 e. The van der Waals surface area contributed by atoms with E-state index in [2.05, 4.69) is 59.2 Å². The van der Waals surface area contributed by atoms with Crippen molar-refractivity contribution < 1.29 is 23.4 Å². The SMILES string of the molecule is Cc1cccc2cccc(N3CCc4c(nc(OC[C@@H]5CC(F)(F)CN5C)nc4N4CCN(C(=O)/C=C/CO)[C@@H](CC#N)C4)C3)c12. The number of anilines is 2. The monoisotopic (exact) mass is 631 g/mol. The average molecular weight is 632 g/mol. The molecule has 10 nitrogen and oxygen atoms in total. The molecule has 2 atom stereocenters. The Morgan fingerprint density at radius 2 is 1.96 bits per heavy atom. The molecule has 3 aliphatic rings. The van der Waals surface area contributed by atoms with E-state index in [9.17, 15) is 18.8 Å². The third-order valence-corrected chi connectivity index (χ3v) is 9.26. The van der Waals surface area contributed by atoms with Crippen molar-refractivity contribution in [3.05, 3.63) is 65.4 Å². The van der Waals surface area contributed by atoms with Crippen molar-refractivity contribution in [2.45, 2.75) is 50.7 Å². The van der Waals surface area contributed by atoms with Crippen molar-refractivity contribution in [3.8, 4) is 12.1 Å². The standard InChI is InChI=1S/C34H39F2N7O3/c1-23-6-3-7-24-8-4-9-29(31(23)24)41-14-12-27-28(20-41)38-33(46-21-26-18-34(35,36)22-40(26)2)39-32(27)42-15-16-43(25(19-42)11-13-37)30(45)10-5-17-44/h3-10,25-26,44H,11-12,14-22H2,1-2H3/b10-5+/t25-,26-/m0/s1. The van der Waals surface area contributed by atoms with Gasteiger partial charge in [0.2, 0.25) is 5.91 Å². The van der Waals surface area contributed by atoms with Gasteiger partial charge in [-0.3, -0.25) is 9.69 Å². The minimum Gasteiger partial charge on any atom is -0.462 e. The number of rotatable bonds is 8. The number of hydrogen-bond acceptors (Lipinski definition) is 9. The zero-order valence-electron chi connectivity index (χ0n) is 26.2. The fourth-order valence-electron chi connectivity index (χ4n) is 6.97. The highest BCUT2D eigenvalue weighted by molar-refractivity contribution is 5.97. The third kappa shape index (κ3) is 6.48. The lowest BCUT2D eigenvalue weighted by atomic mass is 9.99. The molecule has 12 heteroatoms. The number of amides is 1. The van der Waals surface area contributed by atoms with Gasteiger partial charge >= 0.3 is 6.01 Å². The maximum atomic E-state index is 14.1. The van der Waals surface area contributed by atoms with E-state index >= 15 is 0 Å². The number of likely N-dealkylation sites (tertiary alicyclic amines) is 1. The molecule has 1 N–H and O–H groups in total. The highest BCUT2D eigenvalue weighted by Gasteiger charge is 2.43. The van der Waals surface area contributed by atoms with E-state index in [4.69, 9.17) is 19.8 Å². The van der Waals surface area contributed by atoms with E-state index in [0.717, 1.165) is 28.9 Å². The van der Waals surface area contributed by atoms with Gasteiger partial charge in [-0.2, -0.15) is 15.2 Å². The Bertz CT molecular complexity index is 1670. The van der Waals surface area contributed by atoms with Gasteiger partial charge in [0.1, 0.15) is 12.4 Å². The van der Waals surface area contributed by atoms with Crippen LogP contribution in [0.25, 0.3) is 10.8 Å². The van der Waals surface area contributed by atoms with Crippen LogP contribution < -0.4 is 14.5 Å². The minimum atomic E-state index is -2.76. The summed E-state index contributed by atoms with van der Waals surface area (Å²) in [4.78, 5) is 30.2. The zero-order valence-corrected chi connectivity index (χ0v) is 26.2. The molecule has 3 aliphatic heterocycles. The Labute approximate surface area is 267 Å². The first-order valence-corrected chi connectivity index (χ1v) is 15.7. The van der Waals surface area contributed by atoms with Crippen LogP contribution in [0.4, 0.5) is 20.3 Å². The molecule has 0 bridgehead atoms. The number of nitriles is 1. The van der Waals surface area contributed by atoms with Crippen LogP contribution in [0.1, 0.15) is 29.7 Å². The predicted molar refractivity (Wildman–Crippen MR) is 171 cm³/mol. The Hall–Kier alpha value is -4.34. The third-order valence-electron chi connectivity index (χ3n) is 9.26. The van der Waals surface area contributed by atoms with Crippen LogP contribution in [-0.2, 0) is 17.8 Å². The van der Waals surface area contributed by atoms with Crippen molar-refractivity contribution >= 4 is 28.2 Å². The predicted octanol–water partition coefficient (Wildman–Crippen LogP) is 3.70. The first-order valence-electron chi connectivity index (χ1n) is 15.7. The Balaban J connectivity index is 1.32. The number of aliphatic hydroxyl groups is 1. The lowest BCUT2D eigenvalue weighted by Crippen LogP contribution is -2.55. The molecule has 0 spiro atoms. The normalized spacial score (nSPS) is 21.5. The van der Waals surface area contributed by atoms with Crippen LogP contribution >= 0.6 is 0 Å². The number of ether oxygens (including phenoxy) is 1. The quantitative estimate of drug-likeness (QED) is 0.373. The maximum Gasteiger partial charge on any atom is 0.318 e. The summed E-state index contributed by atoms with van der Waals surface area (Å²) in [6, 6.07) is 14.1. The van der Waals surface area contributed by atoms with Gasteiger partial charge in [0.15, 0.2) is 0 Å². The van der Waals surface area contributed by atoms with Crippen molar-refractivity contribution in [2.75, 3.05) is 62.8 Å². The second-order valence-electron chi connectivity index (χ2n) is 12.4. The number of benzene rings is 2. The van der Waals surface area contributed by atoms with E-state index in [0.29, 0.717) is 38.4 Å². The molecule has 0 saturated carbocycles. The van der Waals surface area contributed by atoms with Gasteiger partial charge in [-0.1, -0.05) is 36.4 Å². The molecule has 1 aromatic heterocycles. The van der Waals surface area contributed by atoms with Crippen molar-refractivity contribution in [2.24, 2.45) is 0 Å². The number of nitrogens with zero attached hydrogens (tertiary/aromatic N) is 7. The number of halogens is 2. The summed E-state index contributed by atoms with van der Waals surface area (Å²) >= 11 is 0. The number of hydrogen-bond donors (Lipinski definition) is 1. The van der Waals surface area contributed by atoms with Crippen molar-refractivity contribution in [1.29, 1.82) is 5.26 Å². The Morgan fingerprint density at radius 3 is 2.70 bits per heavy atom. The fourth-order valence-corrected chi connectivity index (χ4v) is 6.97. The second kappa shape index (κ2) is 13.2. The molecule has 4 heterocycles. The second-order valence-corrected chi connectivity index (χ2v) is 12.4. The molecule has 0 radical (unpaired) electrons. The maximum absolute atomic E-state index is 14.1. The van der Waals surface area contributed by atoms with E-state index in [1.54, 1.807) is 16.8 Å². The summed E-state index contributed by atoms with van der Waals surface area (Å²) < 4.78 is 34.3. The molecule has 46 heavy (non-hydrogen) atoms. The number of piperazine rings is 1. The summed E-state index contributed by atoms with van der Waals surface area (Å²) in [7, 11) is 1.67. The molecule has 2 aromatic carbocycles. The van der Waals surface area contributed by atoms with Crippen LogP contribution in [0.3, 0.4) is 0 Å². The van der Waals surface area contributed by atoms with Gasteiger partial charge in [0.05, 0.1) is 43.9 Å². The first kappa shape index (κ1) is 31.6. The number of aliphatic hydroxyl groups excluding tert-OH is 1. The van der Waals surface area contributed by atoms with E-state index < -0.39 is 12.0 Å². The number of aryl methyl sites for hydroxylation is 1. The zero-order chi connectivity index (χ0) is 32.4. The van der Waals surface area contributed by atoms with Crippen molar-refractivity contribution in [3.63, 3.8) is 0 Å². The molecule has 2 fully saturated rings. The molecule has 0 unspecified atom stereocenters. The first-order chi connectivity index (χ1) is 22.2. The highest BCUT2D eigenvalue weighted by atomic mass is 19.3. The molecular formula is C34H39F2N7O3. The highest BCUT2D eigenvalue weighted by Crippen LogP contribution is 2.36. The van der Waals surface area contributed by atoms with Gasteiger partial charge in [0, 0.05) is 61.4 Å². The summed E-state index contributed by atoms with van der Waals surface area (Å²) in [5, 5.41) is 21.1. The number of carbonyl (C=O) groups excluding carboxylic acids is 1. The molecule has 3 aromatic rings. The minimum absolute atomic E-state index is 0.0348. The number of carbonyl (C=O) groups is 1. The van der Waals surface area contributed by atoms with E-state index in [1.165, 1.54) is 23.1 Å². The van der Waals surface area contributed by atoms with Crippen molar-refractivity contribution in [1.82, 2.24) is 19.8 Å². The van der Waals surface area contributed by atoms with Gasteiger partial charge in [-0.05, 0) is 37.4 Å². The summed E-state index contributed by atoms with van der Waals surface area (Å²) in [5.74, 6) is -2.32. The van der Waals surface area contributed by atoms with Crippen LogP contribution in [0, 0.1) is 18.3 Å². The summed E-state index contributed by atoms with van der Waals surface area (Å²) in [5.41, 5.74) is 4.10. The van der Waals surface area contributed by atoms with Gasteiger partial charge in [-0.15, -0.1) is 0 Å². The van der Waals surface area contributed by atoms with Gasteiger partial charge < -0.3 is 24.5 Å². The molecule has 6 rings (SSSR count). The fraction of sp³-hybridized carbons (Fsp3) is 0.471. The van der Waals surface area contributed by atoms with Crippen LogP contribution in [0.15, 0.2) is 48.6 Å². The van der Waals surface area contributed by atoms with Crippen LogP contribution in [-0.4, -0.2) is 102 Å². The number of aromatic nitrogens is 2. The van der Waals surface area contributed by atoms with Crippen LogP contribution in [0.5, 0.6) is 6.01 Å². The Kier molecular flexibility index (Phi) is 9.06. The lowest BCUT2D eigenvalue weighted by Gasteiger charge is -2.42. The molecule has 2 saturated heterocycles. The van der Waals surface area contributed by atoms with Crippen LogP contribution in [0.2, 0.25) is 0 Å². The van der Waals surface area contributed by atoms with E-state index in [1.807, 2.05) is 0 Å². The number of likely N-dealkylation sites (N-methyl/N-ethyl adjacent to an activating group) is 1. The molecule has 0 aliphatic carbocycles. The Morgan fingerprint density at radius 1 is 1.15 bits per heavy atom. The lowest BCUT2D eigenvalue weighted by molar-refractivity contribution is -0.128. The number of fused-ring (bicyclic) bond motifs is 2. The van der Waals surface area contributed by atoms with Gasteiger partial charge in [0.25, 0.3) is 5.92 Å². The van der Waals surface area contributed by atoms with Gasteiger partial charge in [-0.25, -0.2) is 8.78 Å². The number of alkyl halides is 2. The molecule has 242 valence electrons.